The first kappa shape index (κ1) is 94.6. The topological polar surface area (TPSA) is 385 Å². The second-order valence-corrected chi connectivity index (χ2v) is 31.8. The molecule has 0 saturated heterocycles. The van der Waals surface area contributed by atoms with Crippen molar-refractivity contribution in [1.29, 1.82) is 0 Å². The molecular weight excluding hydrogens is 1440 g/mol. The van der Waals surface area contributed by atoms with E-state index in [9.17, 15) is 51.3 Å². The Kier molecular flexibility index (Phi) is 49.8. The number of carbonyl (C=O) groups excluding carboxylic acids is 6. The number of hydrogen-bond donors (Lipinski definition) is 8. The molecule has 28 nitrogen and oxygen atoms in total. The zero-order valence-electron chi connectivity index (χ0n) is 66.2. The molecule has 0 bridgehead atoms. The van der Waals surface area contributed by atoms with Crippen molar-refractivity contribution < 1.29 is 79.1 Å². The average molecular weight is 1580 g/mol. The Morgan fingerprint density at radius 1 is 0.587 bits per heavy atom. The number of rotatable bonds is 67. The lowest BCUT2D eigenvalue weighted by atomic mass is 10.0. The summed E-state index contributed by atoms with van der Waals surface area (Å²) in [6.45, 7) is 6.51. The summed E-state index contributed by atoms with van der Waals surface area (Å²) < 4.78 is 85.4. The first-order valence-electron chi connectivity index (χ1n) is 40.7. The normalized spacial score (nSPS) is 13.1. The van der Waals surface area contributed by atoms with Crippen LogP contribution in [-0.4, -0.2) is 141 Å². The van der Waals surface area contributed by atoms with Crippen LogP contribution in [0.3, 0.4) is 0 Å². The van der Waals surface area contributed by atoms with Gasteiger partial charge in [-0.3, -0.25) is 37.8 Å². The van der Waals surface area contributed by atoms with Gasteiger partial charge in [0.25, 0.3) is 10.9 Å². The third kappa shape index (κ3) is 41.4. The number of carbonyl (C=O) groups is 6. The number of phosphoric acid groups is 1. The van der Waals surface area contributed by atoms with Gasteiger partial charge >= 0.3 is 31.8 Å². The van der Waals surface area contributed by atoms with Crippen molar-refractivity contribution >= 4 is 70.9 Å². The van der Waals surface area contributed by atoms with Crippen LogP contribution in [0.15, 0.2) is 38.8 Å². The predicted octanol–water partition coefficient (Wildman–Crippen LogP) is 13.5. The molecule has 3 aromatic rings. The number of anilines is 3. The lowest BCUT2D eigenvalue weighted by Gasteiger charge is -2.21. The number of sulfonamides is 1. The highest BCUT2D eigenvalue weighted by Gasteiger charge is 2.31. The fourth-order valence-electron chi connectivity index (χ4n) is 12.9. The van der Waals surface area contributed by atoms with Gasteiger partial charge in [0.05, 0.1) is 31.8 Å². The van der Waals surface area contributed by atoms with Crippen molar-refractivity contribution in [3.05, 3.63) is 67.1 Å². The third-order valence-electron chi connectivity index (χ3n) is 19.0. The van der Waals surface area contributed by atoms with E-state index in [1.54, 1.807) is 26.0 Å². The SMILES string of the molecule is CCCCCCCCCCCCCCCCCC(=O)OCC(COP(=O)(ON)OCCNC(=O)OCCNc1c(NCCNC(=O)CCCOc2cc(C)c(S(=O)(=O)NCC(NC(=O)CCCCc3ccc4c(n3)NCCC4)C(=O)OC)c(C)c2)c(=O)c1=O)OC(=O)CCCCCCCCCCCCCCCCC. The number of nitrogens with two attached hydrogens (primary N) is 1. The number of pyridine rings is 1. The molecule has 0 aliphatic carbocycles. The third-order valence-corrected chi connectivity index (χ3v) is 22.0. The van der Waals surface area contributed by atoms with Gasteiger partial charge in [0, 0.05) is 70.6 Å². The Hall–Kier alpha value is -6.75. The molecule has 1 aliphatic rings. The number of unbranched alkanes of at least 4 members (excludes halogenated alkanes) is 29. The van der Waals surface area contributed by atoms with E-state index < -0.39 is 90.5 Å². The number of hydrogen-bond acceptors (Lipinski definition) is 24. The molecule has 1 aromatic heterocycles. The van der Waals surface area contributed by atoms with Crippen LogP contribution in [0.5, 0.6) is 5.75 Å². The van der Waals surface area contributed by atoms with E-state index >= 15 is 0 Å². The maximum absolute atomic E-state index is 13.6. The monoisotopic (exact) mass is 1570 g/mol. The number of aryl methyl sites for hydroxylation is 4. The quantitative estimate of drug-likeness (QED) is 0.00650. The van der Waals surface area contributed by atoms with Gasteiger partial charge in [0.2, 0.25) is 21.8 Å². The number of alkyl carbamates (subject to hydrolysis) is 1. The van der Waals surface area contributed by atoms with E-state index in [0.717, 1.165) is 76.5 Å². The summed E-state index contributed by atoms with van der Waals surface area (Å²) in [5.74, 6) is 4.07. The van der Waals surface area contributed by atoms with E-state index in [4.69, 9.17) is 43.6 Å². The van der Waals surface area contributed by atoms with Gasteiger partial charge in [-0.2, -0.15) is 0 Å². The van der Waals surface area contributed by atoms with E-state index in [-0.39, 0.29) is 93.9 Å². The number of esters is 3. The summed E-state index contributed by atoms with van der Waals surface area (Å²) >= 11 is 0. The fraction of sp³-hybridized carbons (Fsp3) is 0.734. The molecule has 0 fully saturated rings. The number of benzene rings is 1. The van der Waals surface area contributed by atoms with Crippen molar-refractivity contribution in [2.75, 3.05) is 95.4 Å². The molecule has 0 radical (unpaired) electrons. The summed E-state index contributed by atoms with van der Waals surface area (Å²) in [6.07, 6.45) is 38.4. The standard InChI is InChI=1S/C79H132N9O19PS/c1-6-8-10-12-14-16-18-20-22-24-26-28-30-32-34-44-70(91)103-59-66(106-71(92)45-35-33-31-29-27-25-23-21-19-17-15-13-11-9-7-2)60-105-108(97,107-80)104-55-52-85-79(96)102-54-51-83-73-72(74(93)75(73)94)82-50-49-81-68(89)43-39-53-101-65-56-61(3)76(62(4)57-65)109(98,99)86-58-67(78(95)100-5)88-69(90)42-37-36-41-64-47-46-63-40-38-48-84-77(63)87-64/h46-47,56-57,66-67,82-83,86H,6-45,48-55,58-60,80H2,1-5H3,(H,81,89)(H,84,87)(H,85,96)(H,88,90). The number of aromatic nitrogens is 1. The molecule has 30 heteroatoms. The smallest absolute Gasteiger partial charge is 0.491 e. The molecule has 3 unspecified atom stereocenters. The lowest BCUT2D eigenvalue weighted by molar-refractivity contribution is -0.161. The Morgan fingerprint density at radius 3 is 1.68 bits per heavy atom. The summed E-state index contributed by atoms with van der Waals surface area (Å²) in [5.41, 5.74) is 1.25. The summed E-state index contributed by atoms with van der Waals surface area (Å²) in [4.78, 5) is 106. The Morgan fingerprint density at radius 2 is 1.12 bits per heavy atom. The summed E-state index contributed by atoms with van der Waals surface area (Å²) in [7, 11) is -7.53. The number of nitrogens with zero attached hydrogens (tertiary/aromatic N) is 1. The van der Waals surface area contributed by atoms with E-state index in [1.165, 1.54) is 147 Å². The van der Waals surface area contributed by atoms with Crippen molar-refractivity contribution in [3.8, 4) is 5.75 Å². The average Bonchev–Trinajstić information content (AvgIpc) is 0.792. The van der Waals surface area contributed by atoms with Crippen LogP contribution in [0, 0.1) is 13.8 Å². The van der Waals surface area contributed by atoms with Crippen LogP contribution in [-0.2, 0) is 84.0 Å². The zero-order chi connectivity index (χ0) is 79.2. The van der Waals surface area contributed by atoms with E-state index in [0.29, 0.717) is 55.4 Å². The molecule has 3 atom stereocenters. The largest absolute Gasteiger partial charge is 0.494 e. The minimum Gasteiger partial charge on any atom is -0.494 e. The highest BCUT2D eigenvalue weighted by Crippen LogP contribution is 2.47. The highest BCUT2D eigenvalue weighted by molar-refractivity contribution is 7.89. The molecule has 4 rings (SSSR count). The van der Waals surface area contributed by atoms with Crippen molar-refractivity contribution in [3.63, 3.8) is 0 Å². The van der Waals surface area contributed by atoms with Crippen LogP contribution in [0.4, 0.5) is 22.0 Å². The Bertz CT molecular complexity index is 3330. The van der Waals surface area contributed by atoms with Crippen LogP contribution >= 0.6 is 7.82 Å². The molecule has 0 spiro atoms. The van der Waals surface area contributed by atoms with Gasteiger partial charge in [0.1, 0.15) is 42.2 Å². The van der Waals surface area contributed by atoms with Crippen LogP contribution < -0.4 is 58.1 Å². The maximum Gasteiger partial charge on any atom is 0.491 e. The molecular formula is C79H132N9O19PS. The molecule has 2 aromatic carbocycles. The van der Waals surface area contributed by atoms with Crippen molar-refractivity contribution in [2.45, 2.75) is 302 Å². The number of ether oxygens (including phenoxy) is 5. The van der Waals surface area contributed by atoms with Gasteiger partial charge in [0.15, 0.2) is 6.10 Å². The second kappa shape index (κ2) is 57.3. The molecule has 3 amide bonds. The molecule has 9 N–H and O–H groups in total. The zero-order valence-corrected chi connectivity index (χ0v) is 67.9. The number of phosphoric ester groups is 1. The van der Waals surface area contributed by atoms with Crippen LogP contribution in [0.1, 0.15) is 280 Å². The Balaban J connectivity index is 1.09. The van der Waals surface area contributed by atoms with Gasteiger partial charge in [-0.1, -0.05) is 200 Å². The summed E-state index contributed by atoms with van der Waals surface area (Å²) in [5, 5.41) is 16.7. The summed E-state index contributed by atoms with van der Waals surface area (Å²) in [6, 6.07) is 5.89. The molecule has 0 saturated carbocycles. The number of amides is 3. The molecule has 109 heavy (non-hydrogen) atoms. The predicted molar refractivity (Wildman–Crippen MR) is 424 cm³/mol. The van der Waals surface area contributed by atoms with Crippen molar-refractivity contribution in [1.82, 2.24) is 25.7 Å². The minimum atomic E-state index is -4.49. The number of nitrogens with one attached hydrogen (secondary N) is 7. The molecule has 1 aliphatic heterocycles. The first-order chi connectivity index (χ1) is 52.7. The van der Waals surface area contributed by atoms with Gasteiger partial charge in [-0.15, -0.1) is 0 Å². The number of fused-ring (bicyclic) bond motifs is 1. The second-order valence-electron chi connectivity index (χ2n) is 28.4. The van der Waals surface area contributed by atoms with Gasteiger partial charge in [-0.25, -0.2) is 42.8 Å². The van der Waals surface area contributed by atoms with Crippen LogP contribution in [0.25, 0.3) is 0 Å². The van der Waals surface area contributed by atoms with Gasteiger partial charge in [-0.05, 0) is 100 Å². The van der Waals surface area contributed by atoms with Crippen molar-refractivity contribution in [2.24, 2.45) is 5.90 Å². The maximum atomic E-state index is 13.6. The molecule has 618 valence electrons. The number of methoxy groups -OCH3 is 1. The van der Waals surface area contributed by atoms with E-state index in [1.807, 2.05) is 6.07 Å². The first-order valence-corrected chi connectivity index (χ1v) is 43.6. The lowest BCUT2D eigenvalue weighted by Crippen LogP contribution is -2.49. The highest BCUT2D eigenvalue weighted by atomic mass is 32.2. The van der Waals surface area contributed by atoms with Gasteiger partial charge < -0.3 is 55.6 Å². The fourth-order valence-corrected chi connectivity index (χ4v) is 15.2. The van der Waals surface area contributed by atoms with E-state index in [2.05, 4.69) is 61.2 Å². The van der Waals surface area contributed by atoms with Crippen LogP contribution in [0.2, 0.25) is 0 Å². The Labute approximate surface area is 648 Å². The minimum absolute atomic E-state index is 0.00126. The molecule has 2 heterocycles.